The number of aliphatic hydroxyl groups is 2. The molecule has 0 saturated heterocycles. The Labute approximate surface area is 381 Å². The van der Waals surface area contributed by atoms with E-state index in [-0.39, 0.29) is 12.5 Å². The Bertz CT molecular complexity index is 1010. The topological polar surface area (TPSA) is 69.6 Å². The highest BCUT2D eigenvalue weighted by atomic mass is 16.3. The second-order valence-electron chi connectivity index (χ2n) is 18.3. The van der Waals surface area contributed by atoms with Crippen LogP contribution in [0.15, 0.2) is 60.8 Å². The molecule has 0 bridgehead atoms. The number of hydrogen-bond acceptors (Lipinski definition) is 3. The van der Waals surface area contributed by atoms with Crippen LogP contribution in [0, 0.1) is 0 Å². The van der Waals surface area contributed by atoms with Gasteiger partial charge in [0.2, 0.25) is 5.91 Å². The number of amides is 1. The molecular formula is C57H105NO3. The van der Waals surface area contributed by atoms with Gasteiger partial charge in [-0.15, -0.1) is 0 Å². The van der Waals surface area contributed by atoms with Crippen molar-refractivity contribution in [3.05, 3.63) is 60.8 Å². The van der Waals surface area contributed by atoms with Gasteiger partial charge in [0, 0.05) is 6.42 Å². The molecule has 0 aromatic heterocycles. The lowest BCUT2D eigenvalue weighted by molar-refractivity contribution is -0.123. The predicted octanol–water partition coefficient (Wildman–Crippen LogP) is 17.6. The molecule has 0 aromatic rings. The summed E-state index contributed by atoms with van der Waals surface area (Å²) in [5, 5.41) is 23.1. The van der Waals surface area contributed by atoms with E-state index >= 15 is 0 Å². The van der Waals surface area contributed by atoms with Gasteiger partial charge >= 0.3 is 0 Å². The zero-order valence-corrected chi connectivity index (χ0v) is 40.9. The average Bonchev–Trinajstić information content (AvgIpc) is 3.26. The van der Waals surface area contributed by atoms with Crippen molar-refractivity contribution >= 4 is 5.91 Å². The van der Waals surface area contributed by atoms with Crippen LogP contribution in [0.1, 0.15) is 277 Å². The standard InChI is InChI=1S/C57H105NO3/c1-3-5-7-9-11-13-15-17-19-21-23-24-25-26-27-28-29-30-31-32-33-34-35-36-38-40-42-44-46-48-50-52-56(60)55(54-59)58-57(61)53-51-49-47-45-43-41-39-37-22-20-18-16-14-12-10-8-6-4-2/h14,16,20,22,35-36,42,44,50,52,55-56,59-60H,3-13,15,17-19,21,23-34,37-41,43,45-49,51,53-54H2,1-2H3,(H,58,61)/b16-14-,22-20-,36-35+,44-42+,52-50+. The summed E-state index contributed by atoms with van der Waals surface area (Å²) in [6.45, 7) is 4.29. The Morgan fingerprint density at radius 2 is 0.689 bits per heavy atom. The zero-order valence-electron chi connectivity index (χ0n) is 40.9. The quantitative estimate of drug-likeness (QED) is 0.0422. The molecule has 2 unspecified atom stereocenters. The normalized spacial score (nSPS) is 13.3. The molecule has 0 spiro atoms. The van der Waals surface area contributed by atoms with Gasteiger partial charge in [-0.05, 0) is 77.0 Å². The molecule has 0 aliphatic heterocycles. The molecule has 4 heteroatoms. The minimum Gasteiger partial charge on any atom is -0.394 e. The van der Waals surface area contributed by atoms with Gasteiger partial charge in [-0.1, -0.05) is 254 Å². The second kappa shape index (κ2) is 52.4. The Morgan fingerprint density at radius 1 is 0.393 bits per heavy atom. The first-order chi connectivity index (χ1) is 30.2. The fraction of sp³-hybridized carbons (Fsp3) is 0.807. The van der Waals surface area contributed by atoms with Gasteiger partial charge in [0.05, 0.1) is 18.8 Å². The molecule has 3 N–H and O–H groups in total. The van der Waals surface area contributed by atoms with Crippen LogP contribution in [0.4, 0.5) is 0 Å². The molecule has 4 nitrogen and oxygen atoms in total. The maximum Gasteiger partial charge on any atom is 0.220 e. The fourth-order valence-corrected chi connectivity index (χ4v) is 8.07. The number of unbranched alkanes of at least 4 members (excludes halogenated alkanes) is 34. The van der Waals surface area contributed by atoms with E-state index in [1.165, 1.54) is 205 Å². The van der Waals surface area contributed by atoms with Crippen LogP contribution in [0.25, 0.3) is 0 Å². The molecule has 0 rings (SSSR count). The largest absolute Gasteiger partial charge is 0.394 e. The van der Waals surface area contributed by atoms with E-state index in [1.807, 2.05) is 6.08 Å². The summed E-state index contributed by atoms with van der Waals surface area (Å²) in [4.78, 5) is 12.4. The summed E-state index contributed by atoms with van der Waals surface area (Å²) in [6.07, 6.45) is 73.8. The molecule has 0 aliphatic carbocycles. The summed E-state index contributed by atoms with van der Waals surface area (Å²) in [7, 11) is 0. The molecular weight excluding hydrogens is 747 g/mol. The number of rotatable bonds is 49. The summed E-state index contributed by atoms with van der Waals surface area (Å²) >= 11 is 0. The summed E-state index contributed by atoms with van der Waals surface area (Å²) in [5.41, 5.74) is 0. The summed E-state index contributed by atoms with van der Waals surface area (Å²) in [5.74, 6) is -0.0856. The Kier molecular flexibility index (Phi) is 50.8. The second-order valence-corrected chi connectivity index (χ2v) is 18.3. The maximum atomic E-state index is 12.4. The number of carbonyl (C=O) groups excluding carboxylic acids is 1. The van der Waals surface area contributed by atoms with E-state index < -0.39 is 12.1 Å². The minimum atomic E-state index is -0.877. The molecule has 0 radical (unpaired) electrons. The van der Waals surface area contributed by atoms with Crippen LogP contribution in [0.2, 0.25) is 0 Å². The lowest BCUT2D eigenvalue weighted by Gasteiger charge is -2.19. The van der Waals surface area contributed by atoms with Crippen molar-refractivity contribution in [2.24, 2.45) is 0 Å². The first kappa shape index (κ1) is 59.1. The van der Waals surface area contributed by atoms with E-state index in [0.717, 1.165) is 51.4 Å². The van der Waals surface area contributed by atoms with Crippen molar-refractivity contribution in [3.63, 3.8) is 0 Å². The number of aliphatic hydroxyl groups excluding tert-OH is 2. The van der Waals surface area contributed by atoms with Crippen LogP contribution in [-0.4, -0.2) is 34.9 Å². The van der Waals surface area contributed by atoms with Crippen molar-refractivity contribution < 1.29 is 15.0 Å². The molecule has 61 heavy (non-hydrogen) atoms. The van der Waals surface area contributed by atoms with Crippen molar-refractivity contribution in [1.29, 1.82) is 0 Å². The van der Waals surface area contributed by atoms with Crippen LogP contribution < -0.4 is 5.32 Å². The van der Waals surface area contributed by atoms with Gasteiger partial charge in [-0.25, -0.2) is 0 Å². The van der Waals surface area contributed by atoms with Crippen molar-refractivity contribution in [1.82, 2.24) is 5.32 Å². The molecule has 356 valence electrons. The van der Waals surface area contributed by atoms with E-state index in [4.69, 9.17) is 0 Å². The first-order valence-corrected chi connectivity index (χ1v) is 27.0. The van der Waals surface area contributed by atoms with Crippen molar-refractivity contribution in [2.45, 2.75) is 289 Å². The summed E-state index contributed by atoms with van der Waals surface area (Å²) in [6, 6.07) is -0.653. The average molecular weight is 852 g/mol. The van der Waals surface area contributed by atoms with E-state index in [9.17, 15) is 15.0 Å². The number of hydrogen-bond donors (Lipinski definition) is 3. The SMILES string of the molecule is CCCCCC/C=C\C/C=C\CCCCCCCCCC(=O)NC(CO)C(O)/C=C/CC/C=C/CC/C=C/CCCCCCCCCCCCCCCCCCCCCCC. The lowest BCUT2D eigenvalue weighted by atomic mass is 10.0. The summed E-state index contributed by atoms with van der Waals surface area (Å²) < 4.78 is 0. The molecule has 2 atom stereocenters. The van der Waals surface area contributed by atoms with Crippen LogP contribution >= 0.6 is 0 Å². The molecule has 0 heterocycles. The van der Waals surface area contributed by atoms with Gasteiger partial charge in [0.25, 0.3) is 0 Å². The minimum absolute atomic E-state index is 0.0856. The Balaban J connectivity index is 3.57. The highest BCUT2D eigenvalue weighted by Crippen LogP contribution is 2.16. The third-order valence-electron chi connectivity index (χ3n) is 12.2. The first-order valence-electron chi connectivity index (χ1n) is 27.0. The van der Waals surface area contributed by atoms with Crippen LogP contribution in [-0.2, 0) is 4.79 Å². The van der Waals surface area contributed by atoms with Gasteiger partial charge in [0.15, 0.2) is 0 Å². The highest BCUT2D eigenvalue weighted by molar-refractivity contribution is 5.76. The van der Waals surface area contributed by atoms with Crippen LogP contribution in [0.3, 0.4) is 0 Å². The monoisotopic (exact) mass is 852 g/mol. The maximum absolute atomic E-state index is 12.4. The smallest absolute Gasteiger partial charge is 0.220 e. The number of nitrogens with one attached hydrogen (secondary N) is 1. The fourth-order valence-electron chi connectivity index (χ4n) is 8.07. The molecule has 0 aliphatic rings. The Morgan fingerprint density at radius 3 is 1.07 bits per heavy atom. The lowest BCUT2D eigenvalue weighted by Crippen LogP contribution is -2.45. The van der Waals surface area contributed by atoms with E-state index in [2.05, 4.69) is 67.8 Å². The van der Waals surface area contributed by atoms with Gasteiger partial charge in [-0.2, -0.15) is 0 Å². The molecule has 0 saturated carbocycles. The number of carbonyl (C=O) groups is 1. The van der Waals surface area contributed by atoms with E-state index in [1.54, 1.807) is 6.08 Å². The predicted molar refractivity (Wildman–Crippen MR) is 271 cm³/mol. The third-order valence-corrected chi connectivity index (χ3v) is 12.2. The molecule has 1 amide bonds. The number of allylic oxidation sites excluding steroid dienone is 9. The zero-order chi connectivity index (χ0) is 44.2. The molecule has 0 aromatic carbocycles. The van der Waals surface area contributed by atoms with Gasteiger partial charge < -0.3 is 15.5 Å². The highest BCUT2D eigenvalue weighted by Gasteiger charge is 2.17. The van der Waals surface area contributed by atoms with Gasteiger partial charge in [-0.3, -0.25) is 4.79 Å². The van der Waals surface area contributed by atoms with Crippen LogP contribution in [0.5, 0.6) is 0 Å². The van der Waals surface area contributed by atoms with Crippen molar-refractivity contribution in [3.8, 4) is 0 Å². The molecule has 0 fully saturated rings. The Hall–Kier alpha value is -1.91. The van der Waals surface area contributed by atoms with E-state index in [0.29, 0.717) is 6.42 Å². The third kappa shape index (κ3) is 49.0. The van der Waals surface area contributed by atoms with Crippen molar-refractivity contribution in [2.75, 3.05) is 6.61 Å². The van der Waals surface area contributed by atoms with Gasteiger partial charge in [0.1, 0.15) is 0 Å².